The van der Waals surface area contributed by atoms with Crippen LogP contribution in [0.25, 0.3) is 0 Å². The lowest BCUT2D eigenvalue weighted by Crippen LogP contribution is -2.52. The van der Waals surface area contributed by atoms with E-state index >= 15 is 0 Å². The highest BCUT2D eigenvalue weighted by molar-refractivity contribution is 4.92. The number of nitrogens with zero attached hydrogens (tertiary/aromatic N) is 1. The summed E-state index contributed by atoms with van der Waals surface area (Å²) in [7, 11) is 2.06. The molecule has 0 spiro atoms. The van der Waals surface area contributed by atoms with Crippen molar-refractivity contribution in [1.29, 1.82) is 0 Å². The van der Waals surface area contributed by atoms with Gasteiger partial charge in [0.25, 0.3) is 0 Å². The van der Waals surface area contributed by atoms with Gasteiger partial charge < -0.3 is 14.7 Å². The molecule has 1 aliphatic heterocycles. The van der Waals surface area contributed by atoms with Crippen LogP contribution >= 0.6 is 0 Å². The maximum absolute atomic E-state index is 10.5. The van der Waals surface area contributed by atoms with E-state index < -0.39 is 5.60 Å². The van der Waals surface area contributed by atoms with Gasteiger partial charge in [0.15, 0.2) is 0 Å². The fourth-order valence-corrected chi connectivity index (χ4v) is 2.23. The van der Waals surface area contributed by atoms with Crippen LogP contribution in [0.15, 0.2) is 0 Å². The van der Waals surface area contributed by atoms with E-state index in [2.05, 4.69) is 25.8 Å². The molecule has 0 aromatic carbocycles. The molecule has 1 rings (SSSR count). The summed E-state index contributed by atoms with van der Waals surface area (Å²) in [6, 6.07) is 0.472. The molecule has 0 bridgehead atoms. The second-order valence-corrected chi connectivity index (χ2v) is 5.77. The van der Waals surface area contributed by atoms with E-state index in [1.54, 1.807) is 0 Å². The average Bonchev–Trinajstić information content (AvgIpc) is 1.99. The van der Waals surface area contributed by atoms with Crippen molar-refractivity contribution in [2.75, 3.05) is 20.2 Å². The molecule has 0 aromatic heterocycles. The van der Waals surface area contributed by atoms with Crippen molar-refractivity contribution in [2.45, 2.75) is 57.8 Å². The molecule has 1 N–H and O–H groups in total. The molecule has 0 amide bonds. The van der Waals surface area contributed by atoms with E-state index in [-0.39, 0.29) is 5.60 Å². The molecule has 1 atom stereocenters. The Labute approximate surface area is 93.4 Å². The third kappa shape index (κ3) is 3.74. The van der Waals surface area contributed by atoms with Gasteiger partial charge >= 0.3 is 0 Å². The van der Waals surface area contributed by atoms with Crippen molar-refractivity contribution in [3.05, 3.63) is 0 Å². The maximum Gasteiger partial charge on any atom is 0.0823 e. The van der Waals surface area contributed by atoms with E-state index in [1.807, 2.05) is 13.8 Å². The van der Waals surface area contributed by atoms with Crippen molar-refractivity contribution in [2.24, 2.45) is 0 Å². The molecule has 1 fully saturated rings. The van der Waals surface area contributed by atoms with Gasteiger partial charge in [0.2, 0.25) is 0 Å². The van der Waals surface area contributed by atoms with Crippen molar-refractivity contribution in [1.82, 2.24) is 4.90 Å². The lowest BCUT2D eigenvalue weighted by Gasteiger charge is -2.43. The maximum atomic E-state index is 10.5. The molecule has 3 heteroatoms. The lowest BCUT2D eigenvalue weighted by atomic mass is 9.84. The Bertz CT molecular complexity index is 216. The zero-order valence-corrected chi connectivity index (χ0v) is 10.7. The van der Waals surface area contributed by atoms with Gasteiger partial charge in [-0.05, 0) is 34.7 Å². The van der Waals surface area contributed by atoms with Crippen LogP contribution in [0.3, 0.4) is 0 Å². The fraction of sp³-hybridized carbons (Fsp3) is 1.00. The van der Waals surface area contributed by atoms with Crippen LogP contribution in [-0.4, -0.2) is 47.4 Å². The quantitative estimate of drug-likeness (QED) is 0.777. The Morgan fingerprint density at radius 2 is 2.00 bits per heavy atom. The Morgan fingerprint density at radius 3 is 2.47 bits per heavy atom. The summed E-state index contributed by atoms with van der Waals surface area (Å²) in [5, 5.41) is 10.5. The van der Waals surface area contributed by atoms with E-state index in [0.29, 0.717) is 12.6 Å². The first-order valence-electron chi connectivity index (χ1n) is 5.81. The highest BCUT2D eigenvalue weighted by Gasteiger charge is 2.40. The molecule has 0 radical (unpaired) electrons. The molecule has 1 aliphatic rings. The molecule has 15 heavy (non-hydrogen) atoms. The normalized spacial score (nSPS) is 31.2. The first-order chi connectivity index (χ1) is 6.74. The number of ether oxygens (including phenoxy) is 1. The van der Waals surface area contributed by atoms with E-state index in [1.165, 1.54) is 0 Å². The number of aliphatic hydroxyl groups is 1. The summed E-state index contributed by atoms with van der Waals surface area (Å²) < 4.78 is 5.62. The van der Waals surface area contributed by atoms with Crippen LogP contribution in [0, 0.1) is 0 Å². The molecule has 90 valence electrons. The van der Waals surface area contributed by atoms with Gasteiger partial charge in [0.1, 0.15) is 0 Å². The van der Waals surface area contributed by atoms with Crippen LogP contribution in [0.1, 0.15) is 40.5 Å². The Morgan fingerprint density at radius 1 is 1.40 bits per heavy atom. The highest BCUT2D eigenvalue weighted by Crippen LogP contribution is 2.32. The minimum atomic E-state index is -0.583. The molecule has 1 saturated heterocycles. The Kier molecular flexibility index (Phi) is 3.80. The van der Waals surface area contributed by atoms with Gasteiger partial charge in [-0.25, -0.2) is 0 Å². The molecule has 1 heterocycles. The summed E-state index contributed by atoms with van der Waals surface area (Å²) in [5.74, 6) is 0. The molecule has 0 aliphatic carbocycles. The highest BCUT2D eigenvalue weighted by atomic mass is 16.5. The minimum absolute atomic E-state index is 0.190. The topological polar surface area (TPSA) is 32.7 Å². The summed E-state index contributed by atoms with van der Waals surface area (Å²) in [4.78, 5) is 2.20. The smallest absolute Gasteiger partial charge is 0.0823 e. The lowest BCUT2D eigenvalue weighted by molar-refractivity contribution is -0.151. The SMILES string of the molecule is CC(C)N(C)C[C@]1(O)CCOC(C)(C)C1. The number of likely N-dealkylation sites (N-methyl/N-ethyl adjacent to an activating group) is 1. The largest absolute Gasteiger partial charge is 0.388 e. The first kappa shape index (κ1) is 12.9. The Balaban J connectivity index is 2.58. The predicted octanol–water partition coefficient (Wildman–Crippen LogP) is 1.65. The molecule has 0 unspecified atom stereocenters. The standard InChI is InChI=1S/C12H25NO2/c1-10(2)13(5)9-12(14)6-7-15-11(3,4)8-12/h10,14H,6-9H2,1-5H3/t12-/m0/s1. The third-order valence-corrected chi connectivity index (χ3v) is 3.24. The van der Waals surface area contributed by atoms with Gasteiger partial charge in [-0.15, -0.1) is 0 Å². The monoisotopic (exact) mass is 215 g/mol. The van der Waals surface area contributed by atoms with Gasteiger partial charge in [-0.2, -0.15) is 0 Å². The van der Waals surface area contributed by atoms with Crippen molar-refractivity contribution in [3.63, 3.8) is 0 Å². The van der Waals surface area contributed by atoms with E-state index in [9.17, 15) is 5.11 Å². The third-order valence-electron chi connectivity index (χ3n) is 3.24. The van der Waals surface area contributed by atoms with Crippen LogP contribution in [0.2, 0.25) is 0 Å². The van der Waals surface area contributed by atoms with Crippen LogP contribution in [0.4, 0.5) is 0 Å². The summed E-state index contributed by atoms with van der Waals surface area (Å²) in [5.41, 5.74) is -0.772. The minimum Gasteiger partial charge on any atom is -0.388 e. The van der Waals surface area contributed by atoms with Crippen LogP contribution in [-0.2, 0) is 4.74 Å². The first-order valence-corrected chi connectivity index (χ1v) is 5.81. The Hall–Kier alpha value is -0.120. The number of rotatable bonds is 3. The molecule has 0 saturated carbocycles. The summed E-state index contributed by atoms with van der Waals surface area (Å²) in [6.45, 7) is 9.79. The van der Waals surface area contributed by atoms with Gasteiger partial charge in [0, 0.05) is 25.4 Å². The molecular weight excluding hydrogens is 190 g/mol. The average molecular weight is 215 g/mol. The molecule has 0 aromatic rings. The van der Waals surface area contributed by atoms with Gasteiger partial charge in [0.05, 0.1) is 17.8 Å². The molecular formula is C12H25NO2. The zero-order valence-electron chi connectivity index (χ0n) is 10.7. The zero-order chi connectivity index (χ0) is 11.7. The van der Waals surface area contributed by atoms with Gasteiger partial charge in [-0.3, -0.25) is 0 Å². The fourth-order valence-electron chi connectivity index (χ4n) is 2.23. The second-order valence-electron chi connectivity index (χ2n) is 5.77. The second kappa shape index (κ2) is 4.40. The van der Waals surface area contributed by atoms with Crippen molar-refractivity contribution < 1.29 is 9.84 Å². The van der Waals surface area contributed by atoms with Crippen LogP contribution in [0.5, 0.6) is 0 Å². The summed E-state index contributed by atoms with van der Waals surface area (Å²) >= 11 is 0. The van der Waals surface area contributed by atoms with E-state index in [0.717, 1.165) is 19.4 Å². The number of hydrogen-bond donors (Lipinski definition) is 1. The van der Waals surface area contributed by atoms with Crippen molar-refractivity contribution >= 4 is 0 Å². The van der Waals surface area contributed by atoms with E-state index in [4.69, 9.17) is 4.74 Å². The van der Waals surface area contributed by atoms with Crippen molar-refractivity contribution in [3.8, 4) is 0 Å². The molecule has 3 nitrogen and oxygen atoms in total. The summed E-state index contributed by atoms with van der Waals surface area (Å²) in [6.07, 6.45) is 1.46. The predicted molar refractivity (Wildman–Crippen MR) is 62.0 cm³/mol. The van der Waals surface area contributed by atoms with Gasteiger partial charge in [-0.1, -0.05) is 0 Å². The number of hydrogen-bond acceptors (Lipinski definition) is 3. The van der Waals surface area contributed by atoms with Crippen LogP contribution < -0.4 is 0 Å².